The van der Waals surface area contributed by atoms with Crippen molar-refractivity contribution in [1.82, 2.24) is 14.6 Å². The summed E-state index contributed by atoms with van der Waals surface area (Å²) in [5, 5.41) is 23.5. The van der Waals surface area contributed by atoms with Crippen LogP contribution in [0.4, 0.5) is 4.39 Å². The Hall–Kier alpha value is -2.69. The van der Waals surface area contributed by atoms with E-state index in [9.17, 15) is 14.8 Å². The number of halogens is 2. The highest BCUT2D eigenvalue weighted by molar-refractivity contribution is 6.35. The van der Waals surface area contributed by atoms with Gasteiger partial charge in [-0.25, -0.2) is 9.50 Å². The maximum atomic E-state index is 13.2. The lowest BCUT2D eigenvalue weighted by atomic mass is 10.1. The Morgan fingerprint density at radius 3 is 2.76 bits per heavy atom. The van der Waals surface area contributed by atoms with E-state index in [0.717, 1.165) is 0 Å². The molecule has 0 unspecified atom stereocenters. The van der Waals surface area contributed by atoms with Crippen LogP contribution in [-0.4, -0.2) is 31.9 Å². The lowest BCUT2D eigenvalue weighted by molar-refractivity contribution is 0.0284. The molecule has 0 spiro atoms. The molecule has 0 aromatic carbocycles. The lowest BCUT2D eigenvalue weighted by Crippen LogP contribution is -2.28. The molecule has 3 heterocycles. The number of nitrogens with zero attached hydrogens (tertiary/aromatic N) is 4. The number of nitriles is 1. The normalized spacial score (nSPS) is 11.5. The number of aromatic nitrogens is 3. The Bertz CT molecular complexity index is 971. The summed E-state index contributed by atoms with van der Waals surface area (Å²) in [6.07, 6.45) is 4.26. The highest BCUT2D eigenvalue weighted by Gasteiger charge is 2.21. The second kappa shape index (κ2) is 6.31. The third-order valence-electron chi connectivity index (χ3n) is 3.43. The van der Waals surface area contributed by atoms with E-state index in [2.05, 4.69) is 16.2 Å². The summed E-state index contributed by atoms with van der Waals surface area (Å²) in [6.45, 7) is 3.21. The third kappa shape index (κ3) is 3.40. The number of pyridine rings is 2. The smallest absolute Gasteiger partial charge is 0.212 e. The molecule has 0 aliphatic rings. The first-order valence-electron chi connectivity index (χ1n) is 7.37. The zero-order valence-corrected chi connectivity index (χ0v) is 14.3. The van der Waals surface area contributed by atoms with Gasteiger partial charge >= 0.3 is 0 Å². The van der Waals surface area contributed by atoms with E-state index in [1.165, 1.54) is 35.2 Å². The second-order valence-electron chi connectivity index (χ2n) is 6.12. The Balaban J connectivity index is 2.23. The van der Waals surface area contributed by atoms with E-state index in [1.54, 1.807) is 13.8 Å². The number of rotatable bonds is 4. The van der Waals surface area contributed by atoms with Crippen molar-refractivity contribution in [2.24, 2.45) is 0 Å². The van der Waals surface area contributed by atoms with Crippen LogP contribution in [0.2, 0.25) is 5.02 Å². The van der Waals surface area contributed by atoms with Crippen LogP contribution < -0.4 is 4.74 Å². The molecule has 0 bridgehead atoms. The lowest BCUT2D eigenvalue weighted by Gasteiger charge is -2.19. The maximum absolute atomic E-state index is 13.2. The molecule has 0 amide bonds. The number of ether oxygens (including phenoxy) is 1. The van der Waals surface area contributed by atoms with Gasteiger partial charge < -0.3 is 9.84 Å². The first-order valence-corrected chi connectivity index (χ1v) is 7.75. The van der Waals surface area contributed by atoms with E-state index in [0.29, 0.717) is 22.2 Å². The molecule has 0 fully saturated rings. The number of hydrogen-bond acceptors (Lipinski definition) is 5. The minimum atomic E-state index is -1.06. The molecule has 3 rings (SSSR count). The average molecular weight is 361 g/mol. The summed E-state index contributed by atoms with van der Waals surface area (Å²) in [7, 11) is 0. The van der Waals surface area contributed by atoms with Crippen molar-refractivity contribution in [2.45, 2.75) is 19.4 Å². The van der Waals surface area contributed by atoms with Gasteiger partial charge in [-0.3, -0.25) is 0 Å². The van der Waals surface area contributed by atoms with Crippen LogP contribution in [0.3, 0.4) is 0 Å². The van der Waals surface area contributed by atoms with Crippen molar-refractivity contribution in [3.8, 4) is 22.9 Å². The molecule has 3 aromatic heterocycles. The van der Waals surface area contributed by atoms with Crippen molar-refractivity contribution < 1.29 is 14.2 Å². The van der Waals surface area contributed by atoms with Gasteiger partial charge in [0.2, 0.25) is 5.95 Å². The molecule has 0 saturated heterocycles. The third-order valence-corrected chi connectivity index (χ3v) is 3.80. The van der Waals surface area contributed by atoms with Crippen LogP contribution in [0.25, 0.3) is 16.6 Å². The molecule has 0 atom stereocenters. The SMILES string of the molecule is CC(C)(O)COc1cn2ncc(C#N)c2c(-c2ccc(F)nc2)c1Cl. The standard InChI is InChI=1S/C17H14ClFN4O2/c1-17(2,24)9-25-12-8-23-16(11(5-20)7-22-23)14(15(12)18)10-3-4-13(19)21-6-10/h3-4,6-8,24H,9H2,1-2H3. The average Bonchev–Trinajstić information content (AvgIpc) is 2.96. The minimum Gasteiger partial charge on any atom is -0.487 e. The van der Waals surface area contributed by atoms with Gasteiger partial charge in [0.25, 0.3) is 0 Å². The monoisotopic (exact) mass is 360 g/mol. The predicted octanol–water partition coefficient (Wildman–Crippen LogP) is 3.21. The zero-order chi connectivity index (χ0) is 18.2. The van der Waals surface area contributed by atoms with Crippen LogP contribution in [0, 0.1) is 17.3 Å². The van der Waals surface area contributed by atoms with Gasteiger partial charge in [-0.15, -0.1) is 0 Å². The first-order chi connectivity index (χ1) is 11.8. The van der Waals surface area contributed by atoms with Gasteiger partial charge in [0, 0.05) is 17.3 Å². The Labute approximate surface area is 148 Å². The second-order valence-corrected chi connectivity index (χ2v) is 6.49. The topological polar surface area (TPSA) is 83.4 Å². The summed E-state index contributed by atoms with van der Waals surface area (Å²) in [5.74, 6) is -0.345. The summed E-state index contributed by atoms with van der Waals surface area (Å²) in [5.41, 5.74) is 0.697. The molecule has 0 saturated carbocycles. The van der Waals surface area contributed by atoms with Gasteiger partial charge in [0.1, 0.15) is 12.7 Å². The number of hydrogen-bond donors (Lipinski definition) is 1. The molecule has 0 radical (unpaired) electrons. The minimum absolute atomic E-state index is 0.00566. The number of aliphatic hydroxyl groups is 1. The quantitative estimate of drug-likeness (QED) is 0.722. The molecule has 128 valence electrons. The highest BCUT2D eigenvalue weighted by atomic mass is 35.5. The van der Waals surface area contributed by atoms with Gasteiger partial charge in [-0.1, -0.05) is 11.6 Å². The predicted molar refractivity (Wildman–Crippen MR) is 89.9 cm³/mol. The Morgan fingerprint density at radius 2 is 2.16 bits per heavy atom. The van der Waals surface area contributed by atoms with Crippen LogP contribution in [0.1, 0.15) is 19.4 Å². The van der Waals surface area contributed by atoms with E-state index in [1.807, 2.05) is 0 Å². The zero-order valence-electron chi connectivity index (χ0n) is 13.5. The van der Waals surface area contributed by atoms with Crippen molar-refractivity contribution in [3.63, 3.8) is 0 Å². The summed E-state index contributed by atoms with van der Waals surface area (Å²) < 4.78 is 20.2. The van der Waals surface area contributed by atoms with Gasteiger partial charge in [0.15, 0.2) is 5.75 Å². The van der Waals surface area contributed by atoms with Crippen LogP contribution in [0.15, 0.2) is 30.7 Å². The Kier molecular flexibility index (Phi) is 4.33. The highest BCUT2D eigenvalue weighted by Crippen LogP contribution is 2.39. The van der Waals surface area contributed by atoms with Crippen LogP contribution >= 0.6 is 11.6 Å². The first kappa shape index (κ1) is 17.1. The molecule has 1 N–H and O–H groups in total. The molecular weight excluding hydrogens is 347 g/mol. The van der Waals surface area contributed by atoms with E-state index in [4.69, 9.17) is 16.3 Å². The maximum Gasteiger partial charge on any atom is 0.212 e. The molecule has 25 heavy (non-hydrogen) atoms. The van der Waals surface area contributed by atoms with Crippen molar-refractivity contribution >= 4 is 17.1 Å². The molecule has 8 heteroatoms. The van der Waals surface area contributed by atoms with Gasteiger partial charge in [-0.2, -0.15) is 14.8 Å². The van der Waals surface area contributed by atoms with Gasteiger partial charge in [-0.05, 0) is 26.0 Å². The van der Waals surface area contributed by atoms with E-state index >= 15 is 0 Å². The fourth-order valence-corrected chi connectivity index (χ4v) is 2.63. The van der Waals surface area contributed by atoms with Crippen molar-refractivity contribution in [2.75, 3.05) is 6.61 Å². The fraction of sp³-hybridized carbons (Fsp3) is 0.235. The molecule has 0 aliphatic carbocycles. The van der Waals surface area contributed by atoms with Crippen LogP contribution in [0.5, 0.6) is 5.75 Å². The summed E-state index contributed by atoms with van der Waals surface area (Å²) in [6, 6.07) is 4.77. The fourth-order valence-electron chi connectivity index (χ4n) is 2.33. The van der Waals surface area contributed by atoms with Crippen LogP contribution in [-0.2, 0) is 0 Å². The van der Waals surface area contributed by atoms with Crippen molar-refractivity contribution in [1.29, 1.82) is 5.26 Å². The Morgan fingerprint density at radius 1 is 1.40 bits per heavy atom. The summed E-state index contributed by atoms with van der Waals surface area (Å²) >= 11 is 6.50. The molecule has 0 aliphatic heterocycles. The van der Waals surface area contributed by atoms with Gasteiger partial charge in [0.05, 0.1) is 34.1 Å². The van der Waals surface area contributed by atoms with E-state index in [-0.39, 0.29) is 17.4 Å². The van der Waals surface area contributed by atoms with E-state index < -0.39 is 11.5 Å². The largest absolute Gasteiger partial charge is 0.487 e. The summed E-state index contributed by atoms with van der Waals surface area (Å²) in [4.78, 5) is 3.64. The number of fused-ring (bicyclic) bond motifs is 1. The molecule has 3 aromatic rings. The molecule has 6 nitrogen and oxygen atoms in total. The van der Waals surface area contributed by atoms with Crippen molar-refractivity contribution in [3.05, 3.63) is 47.3 Å². The molecular formula is C17H14ClFN4O2.